The van der Waals surface area contributed by atoms with Gasteiger partial charge in [-0.15, -0.1) is 23.2 Å². The van der Waals surface area contributed by atoms with E-state index in [2.05, 4.69) is 0 Å². The van der Waals surface area contributed by atoms with Gasteiger partial charge in [0.15, 0.2) is 0 Å². The Labute approximate surface area is 83.4 Å². The highest BCUT2D eigenvalue weighted by atomic mass is 35.5. The largest absolute Gasteiger partial charge is 0.299 e. The zero-order valence-electron chi connectivity index (χ0n) is 7.82. The Balaban J connectivity index is 2.72. The van der Waals surface area contributed by atoms with Gasteiger partial charge in [0.05, 0.1) is 5.92 Å². The topological polar surface area (TPSA) is 17.1 Å². The lowest BCUT2D eigenvalue weighted by Crippen LogP contribution is -2.24. The molecule has 3 heteroatoms. The fraction of sp³-hybridized carbons (Fsp3) is 0.889. The van der Waals surface area contributed by atoms with E-state index in [4.69, 9.17) is 23.2 Å². The molecule has 1 fully saturated rings. The maximum absolute atomic E-state index is 11.7. The van der Waals surface area contributed by atoms with E-state index < -0.39 is 4.33 Å². The fourth-order valence-electron chi connectivity index (χ4n) is 1.35. The van der Waals surface area contributed by atoms with E-state index in [0.717, 1.165) is 0 Å². The predicted octanol–water partition coefficient (Wildman–Crippen LogP) is 3.04. The molecule has 0 N–H and O–H groups in total. The SMILES string of the molecule is CC1C(C(=O)C(C)(C)C)C1(Cl)Cl. The number of alkyl halides is 2. The molecule has 0 radical (unpaired) electrons. The molecule has 0 aliphatic heterocycles. The van der Waals surface area contributed by atoms with Gasteiger partial charge in [-0.3, -0.25) is 4.79 Å². The summed E-state index contributed by atoms with van der Waals surface area (Å²) in [5.41, 5.74) is -0.329. The van der Waals surface area contributed by atoms with Crippen molar-refractivity contribution in [3.8, 4) is 0 Å². The van der Waals surface area contributed by atoms with Gasteiger partial charge in [0.25, 0.3) is 0 Å². The third-order valence-electron chi connectivity index (χ3n) is 2.43. The number of rotatable bonds is 1. The summed E-state index contributed by atoms with van der Waals surface area (Å²) in [5, 5.41) is 0. The van der Waals surface area contributed by atoms with Crippen molar-refractivity contribution in [3.63, 3.8) is 0 Å². The highest BCUT2D eigenvalue weighted by molar-refractivity contribution is 6.52. The predicted molar refractivity (Wildman–Crippen MR) is 51.6 cm³/mol. The van der Waals surface area contributed by atoms with E-state index >= 15 is 0 Å². The molecule has 0 aromatic heterocycles. The summed E-state index contributed by atoms with van der Waals surface area (Å²) in [6.07, 6.45) is 0. The summed E-state index contributed by atoms with van der Waals surface area (Å²) < 4.78 is -0.801. The van der Waals surface area contributed by atoms with E-state index in [1.54, 1.807) is 0 Å². The summed E-state index contributed by atoms with van der Waals surface area (Å²) in [6, 6.07) is 0. The van der Waals surface area contributed by atoms with E-state index in [0.29, 0.717) is 0 Å². The molecule has 12 heavy (non-hydrogen) atoms. The molecule has 70 valence electrons. The molecule has 0 heterocycles. The van der Waals surface area contributed by atoms with Crippen molar-refractivity contribution in [2.24, 2.45) is 17.3 Å². The molecular weight excluding hydrogens is 195 g/mol. The summed E-state index contributed by atoms with van der Waals surface area (Å²) in [5.74, 6) is 0.105. The fourth-order valence-corrected chi connectivity index (χ4v) is 2.05. The molecule has 0 saturated heterocycles. The van der Waals surface area contributed by atoms with Gasteiger partial charge in [-0.25, -0.2) is 0 Å². The lowest BCUT2D eigenvalue weighted by atomic mass is 9.87. The van der Waals surface area contributed by atoms with Gasteiger partial charge >= 0.3 is 0 Å². The van der Waals surface area contributed by atoms with Crippen LogP contribution in [0.1, 0.15) is 27.7 Å². The molecular formula is C9H14Cl2O. The minimum absolute atomic E-state index is 0.104. The van der Waals surface area contributed by atoms with E-state index in [9.17, 15) is 4.79 Å². The molecule has 0 bridgehead atoms. The van der Waals surface area contributed by atoms with E-state index in [-0.39, 0.29) is 23.0 Å². The molecule has 0 aromatic rings. The number of ketones is 1. The standard InChI is InChI=1S/C9H14Cl2O/c1-5-6(9(5,10)11)7(12)8(2,3)4/h5-6H,1-4H3. The van der Waals surface area contributed by atoms with Gasteiger partial charge in [-0.05, 0) is 0 Å². The van der Waals surface area contributed by atoms with Crippen LogP contribution in [-0.4, -0.2) is 10.1 Å². The van der Waals surface area contributed by atoms with Crippen LogP contribution in [0.3, 0.4) is 0 Å². The second-order valence-electron chi connectivity index (χ2n) is 4.56. The molecule has 0 aromatic carbocycles. The van der Waals surface area contributed by atoms with Crippen molar-refractivity contribution in [3.05, 3.63) is 0 Å². The Morgan fingerprint density at radius 1 is 1.33 bits per heavy atom. The average Bonchev–Trinajstić information content (AvgIpc) is 2.30. The smallest absolute Gasteiger partial charge is 0.144 e. The molecule has 1 aliphatic carbocycles. The van der Waals surface area contributed by atoms with Gasteiger partial charge in [0.2, 0.25) is 0 Å². The van der Waals surface area contributed by atoms with Gasteiger partial charge in [-0.2, -0.15) is 0 Å². The van der Waals surface area contributed by atoms with Gasteiger partial charge in [0, 0.05) is 11.3 Å². The first-order valence-corrected chi connectivity index (χ1v) is 4.86. The van der Waals surface area contributed by atoms with Crippen molar-refractivity contribution in [2.75, 3.05) is 0 Å². The minimum atomic E-state index is -0.801. The monoisotopic (exact) mass is 208 g/mol. The zero-order valence-corrected chi connectivity index (χ0v) is 9.33. The maximum Gasteiger partial charge on any atom is 0.144 e. The molecule has 0 spiro atoms. The van der Waals surface area contributed by atoms with E-state index in [1.165, 1.54) is 0 Å². The summed E-state index contributed by atoms with van der Waals surface area (Å²) in [4.78, 5) is 11.7. The van der Waals surface area contributed by atoms with E-state index in [1.807, 2.05) is 27.7 Å². The van der Waals surface area contributed by atoms with Crippen LogP contribution in [0.2, 0.25) is 0 Å². The van der Waals surface area contributed by atoms with Crippen LogP contribution in [0, 0.1) is 17.3 Å². The molecule has 1 saturated carbocycles. The average molecular weight is 209 g/mol. The van der Waals surface area contributed by atoms with Crippen LogP contribution in [-0.2, 0) is 4.79 Å². The van der Waals surface area contributed by atoms with Gasteiger partial charge in [0.1, 0.15) is 10.1 Å². The van der Waals surface area contributed by atoms with Crippen molar-refractivity contribution in [1.29, 1.82) is 0 Å². The van der Waals surface area contributed by atoms with Crippen molar-refractivity contribution >= 4 is 29.0 Å². The van der Waals surface area contributed by atoms with Crippen LogP contribution in [0.4, 0.5) is 0 Å². The van der Waals surface area contributed by atoms with Crippen LogP contribution < -0.4 is 0 Å². The zero-order chi connectivity index (χ0) is 9.73. The third-order valence-corrected chi connectivity index (χ3v) is 3.59. The molecule has 1 rings (SSSR count). The minimum Gasteiger partial charge on any atom is -0.299 e. The molecule has 2 atom stereocenters. The summed E-state index contributed by atoms with van der Waals surface area (Å²) in [6.45, 7) is 7.59. The number of halogens is 2. The van der Waals surface area contributed by atoms with Crippen LogP contribution >= 0.6 is 23.2 Å². The van der Waals surface area contributed by atoms with Crippen LogP contribution in [0.5, 0.6) is 0 Å². The van der Waals surface area contributed by atoms with Gasteiger partial charge in [-0.1, -0.05) is 27.7 Å². The molecule has 0 amide bonds. The summed E-state index contributed by atoms with van der Waals surface area (Å²) >= 11 is 11.8. The maximum atomic E-state index is 11.7. The number of hydrogen-bond acceptors (Lipinski definition) is 1. The molecule has 2 unspecified atom stereocenters. The second kappa shape index (κ2) is 2.62. The van der Waals surface area contributed by atoms with Crippen molar-refractivity contribution < 1.29 is 4.79 Å². The lowest BCUT2D eigenvalue weighted by molar-refractivity contribution is -0.127. The first kappa shape index (κ1) is 10.3. The quantitative estimate of drug-likeness (QED) is 0.606. The Morgan fingerprint density at radius 2 is 1.67 bits per heavy atom. The normalized spacial score (nSPS) is 33.2. The number of carbonyl (C=O) groups excluding carboxylic acids is 1. The van der Waals surface area contributed by atoms with Crippen LogP contribution in [0.25, 0.3) is 0 Å². The highest BCUT2D eigenvalue weighted by Gasteiger charge is 2.65. The Hall–Kier alpha value is 0.250. The Bertz CT molecular complexity index is 215. The molecule has 1 aliphatic rings. The van der Waals surface area contributed by atoms with Crippen LogP contribution in [0.15, 0.2) is 0 Å². The third kappa shape index (κ3) is 1.49. The second-order valence-corrected chi connectivity index (χ2v) is 6.00. The summed E-state index contributed by atoms with van der Waals surface area (Å²) in [7, 11) is 0. The van der Waals surface area contributed by atoms with Crippen molar-refractivity contribution in [1.82, 2.24) is 0 Å². The lowest BCUT2D eigenvalue weighted by Gasteiger charge is -2.16. The van der Waals surface area contributed by atoms with Crippen molar-refractivity contribution in [2.45, 2.75) is 32.0 Å². The molecule has 1 nitrogen and oxygen atoms in total. The Morgan fingerprint density at radius 3 is 1.75 bits per heavy atom. The number of hydrogen-bond donors (Lipinski definition) is 0. The Kier molecular flexibility index (Phi) is 2.25. The number of Topliss-reactive ketones (excluding diaryl/α,β-unsaturated/α-hetero) is 1. The number of carbonyl (C=O) groups is 1. The first-order chi connectivity index (χ1) is 5.19. The van der Waals surface area contributed by atoms with Gasteiger partial charge < -0.3 is 0 Å². The first-order valence-electron chi connectivity index (χ1n) is 4.11. The highest BCUT2D eigenvalue weighted by Crippen LogP contribution is 2.60.